The third-order valence-electron chi connectivity index (χ3n) is 4.76. The number of nitrogens with one attached hydrogen (secondary N) is 1. The number of carbonyl (C=O) groups excluding carboxylic acids is 1. The van der Waals surface area contributed by atoms with E-state index in [1.165, 1.54) is 16.8 Å². The maximum atomic E-state index is 13.1. The highest BCUT2D eigenvalue weighted by Gasteiger charge is 2.25. The molecule has 5 nitrogen and oxygen atoms in total. The number of nitrogens with zero attached hydrogens (tertiary/aromatic N) is 3. The molecular formula is C19H24ClFN4O. The smallest absolute Gasteiger partial charge is 0.256 e. The Morgan fingerprint density at radius 1 is 1.31 bits per heavy atom. The molecule has 0 spiro atoms. The summed E-state index contributed by atoms with van der Waals surface area (Å²) in [6.45, 7) is 7.04. The van der Waals surface area contributed by atoms with Crippen LogP contribution in [0.25, 0.3) is 5.69 Å². The minimum absolute atomic E-state index is 0.153. The standard InChI is InChI=1S/C19H24ClFN4O/c1-3-10-24-11-8-15(9-12-24)22-19(26)17-13(2)23-25(18(17)20)16-6-4-14(21)5-7-16/h4-7,15H,3,8-12H2,1-2H3,(H,22,26). The first-order valence-corrected chi connectivity index (χ1v) is 9.41. The zero-order chi connectivity index (χ0) is 18.7. The van der Waals surface area contributed by atoms with Crippen molar-refractivity contribution < 1.29 is 9.18 Å². The van der Waals surface area contributed by atoms with Crippen LogP contribution >= 0.6 is 11.6 Å². The van der Waals surface area contributed by atoms with Crippen molar-refractivity contribution in [3.63, 3.8) is 0 Å². The zero-order valence-electron chi connectivity index (χ0n) is 15.1. The molecule has 1 aliphatic rings. The molecule has 0 aliphatic carbocycles. The number of benzene rings is 1. The van der Waals surface area contributed by atoms with E-state index in [1.807, 2.05) is 0 Å². The number of amides is 1. The van der Waals surface area contributed by atoms with Gasteiger partial charge in [-0.2, -0.15) is 5.10 Å². The number of aryl methyl sites for hydroxylation is 1. The van der Waals surface area contributed by atoms with Gasteiger partial charge in [-0.1, -0.05) is 18.5 Å². The Labute approximate surface area is 158 Å². The lowest BCUT2D eigenvalue weighted by Crippen LogP contribution is -2.44. The summed E-state index contributed by atoms with van der Waals surface area (Å²) in [7, 11) is 0. The Morgan fingerprint density at radius 2 is 1.96 bits per heavy atom. The predicted molar refractivity (Wildman–Crippen MR) is 100 cm³/mol. The van der Waals surface area contributed by atoms with Crippen LogP contribution in [0.15, 0.2) is 24.3 Å². The third-order valence-corrected chi connectivity index (χ3v) is 5.11. The maximum absolute atomic E-state index is 13.1. The van der Waals surface area contributed by atoms with Crippen molar-refractivity contribution in [2.75, 3.05) is 19.6 Å². The second-order valence-corrected chi connectivity index (χ2v) is 7.09. The molecule has 0 bridgehead atoms. The van der Waals surface area contributed by atoms with Gasteiger partial charge in [0, 0.05) is 19.1 Å². The quantitative estimate of drug-likeness (QED) is 0.865. The van der Waals surface area contributed by atoms with Crippen molar-refractivity contribution in [1.29, 1.82) is 0 Å². The average molecular weight is 379 g/mol. The lowest BCUT2D eigenvalue weighted by Gasteiger charge is -2.32. The van der Waals surface area contributed by atoms with E-state index < -0.39 is 0 Å². The van der Waals surface area contributed by atoms with Crippen molar-refractivity contribution >= 4 is 17.5 Å². The second kappa shape index (κ2) is 8.18. The molecular weight excluding hydrogens is 355 g/mol. The van der Waals surface area contributed by atoms with Crippen LogP contribution in [0.3, 0.4) is 0 Å². The predicted octanol–water partition coefficient (Wildman–Crippen LogP) is 3.58. The number of likely N-dealkylation sites (tertiary alicyclic amines) is 1. The van der Waals surface area contributed by atoms with Gasteiger partial charge in [-0.3, -0.25) is 4.79 Å². The van der Waals surface area contributed by atoms with E-state index in [0.717, 1.165) is 38.9 Å². The van der Waals surface area contributed by atoms with Crippen molar-refractivity contribution in [3.05, 3.63) is 46.5 Å². The number of rotatable bonds is 5. The fourth-order valence-corrected chi connectivity index (χ4v) is 3.74. The van der Waals surface area contributed by atoms with Crippen LogP contribution in [0.5, 0.6) is 0 Å². The summed E-state index contributed by atoms with van der Waals surface area (Å²) in [5.74, 6) is -0.532. The summed E-state index contributed by atoms with van der Waals surface area (Å²) in [5, 5.41) is 7.69. The summed E-state index contributed by atoms with van der Waals surface area (Å²) in [6.07, 6.45) is 3.03. The minimum Gasteiger partial charge on any atom is -0.349 e. The van der Waals surface area contributed by atoms with Gasteiger partial charge >= 0.3 is 0 Å². The van der Waals surface area contributed by atoms with Gasteiger partial charge in [0.25, 0.3) is 5.91 Å². The Bertz CT molecular complexity index is 767. The van der Waals surface area contributed by atoms with Crippen molar-refractivity contribution in [2.45, 2.75) is 39.2 Å². The second-order valence-electron chi connectivity index (χ2n) is 6.73. The Balaban J connectivity index is 1.71. The van der Waals surface area contributed by atoms with Crippen molar-refractivity contribution in [2.24, 2.45) is 0 Å². The molecule has 0 atom stereocenters. The Morgan fingerprint density at radius 3 is 2.58 bits per heavy atom. The van der Waals surface area contributed by atoms with E-state index in [1.54, 1.807) is 19.1 Å². The highest BCUT2D eigenvalue weighted by Crippen LogP contribution is 2.24. The number of halogens is 2. The van der Waals surface area contributed by atoms with Crippen LogP contribution in [0.1, 0.15) is 42.2 Å². The fraction of sp³-hybridized carbons (Fsp3) is 0.474. The molecule has 140 valence electrons. The molecule has 1 amide bonds. The lowest BCUT2D eigenvalue weighted by molar-refractivity contribution is 0.0910. The molecule has 1 aromatic carbocycles. The van der Waals surface area contributed by atoms with Gasteiger partial charge < -0.3 is 10.2 Å². The van der Waals surface area contributed by atoms with Crippen molar-refractivity contribution in [1.82, 2.24) is 20.0 Å². The molecule has 0 radical (unpaired) electrons. The summed E-state index contributed by atoms with van der Waals surface area (Å²) >= 11 is 6.42. The normalized spacial score (nSPS) is 16.0. The van der Waals surface area contributed by atoms with E-state index in [2.05, 4.69) is 22.2 Å². The van der Waals surface area contributed by atoms with Gasteiger partial charge in [0.15, 0.2) is 0 Å². The topological polar surface area (TPSA) is 50.2 Å². The van der Waals surface area contributed by atoms with E-state index in [-0.39, 0.29) is 22.9 Å². The number of piperidine rings is 1. The van der Waals surface area contributed by atoms with E-state index >= 15 is 0 Å². The van der Waals surface area contributed by atoms with Crippen LogP contribution in [-0.2, 0) is 0 Å². The molecule has 1 aliphatic heterocycles. The first-order chi connectivity index (χ1) is 12.5. The molecule has 26 heavy (non-hydrogen) atoms. The van der Waals surface area contributed by atoms with E-state index in [9.17, 15) is 9.18 Å². The van der Waals surface area contributed by atoms with Gasteiger partial charge in [-0.05, 0) is 57.0 Å². The molecule has 1 aromatic heterocycles. The first kappa shape index (κ1) is 18.9. The Kier molecular flexibility index (Phi) is 5.94. The molecule has 7 heteroatoms. The third kappa shape index (κ3) is 4.07. The van der Waals surface area contributed by atoms with Crippen LogP contribution in [0, 0.1) is 12.7 Å². The average Bonchev–Trinajstić information content (AvgIpc) is 2.92. The number of carbonyl (C=O) groups is 1. The highest BCUT2D eigenvalue weighted by atomic mass is 35.5. The first-order valence-electron chi connectivity index (χ1n) is 9.04. The molecule has 1 fully saturated rings. The molecule has 0 saturated carbocycles. The van der Waals surface area contributed by atoms with Crippen LogP contribution in [0.2, 0.25) is 5.15 Å². The monoisotopic (exact) mass is 378 g/mol. The number of hydrogen-bond donors (Lipinski definition) is 1. The number of hydrogen-bond acceptors (Lipinski definition) is 3. The van der Waals surface area contributed by atoms with E-state index in [4.69, 9.17) is 11.6 Å². The minimum atomic E-state index is -0.332. The molecule has 2 heterocycles. The summed E-state index contributed by atoms with van der Waals surface area (Å²) in [6, 6.07) is 6.00. The van der Waals surface area contributed by atoms with Gasteiger partial charge in [0.2, 0.25) is 0 Å². The number of aromatic nitrogens is 2. The molecule has 2 aromatic rings. The highest BCUT2D eigenvalue weighted by molar-refractivity contribution is 6.33. The fourth-order valence-electron chi connectivity index (χ4n) is 3.39. The van der Waals surface area contributed by atoms with E-state index in [0.29, 0.717) is 16.9 Å². The van der Waals surface area contributed by atoms with Gasteiger partial charge in [-0.25, -0.2) is 9.07 Å². The molecule has 1 saturated heterocycles. The molecule has 0 unspecified atom stereocenters. The molecule has 3 rings (SSSR count). The van der Waals surface area contributed by atoms with Crippen LogP contribution < -0.4 is 5.32 Å². The van der Waals surface area contributed by atoms with Gasteiger partial charge in [-0.15, -0.1) is 0 Å². The molecule has 1 N–H and O–H groups in total. The largest absolute Gasteiger partial charge is 0.349 e. The summed E-state index contributed by atoms with van der Waals surface area (Å²) in [5.41, 5.74) is 1.55. The van der Waals surface area contributed by atoms with Gasteiger partial charge in [0.1, 0.15) is 11.0 Å². The zero-order valence-corrected chi connectivity index (χ0v) is 15.9. The SMILES string of the molecule is CCCN1CCC(NC(=O)c2c(C)nn(-c3ccc(F)cc3)c2Cl)CC1. The summed E-state index contributed by atoms with van der Waals surface area (Å²) in [4.78, 5) is 15.2. The van der Waals surface area contributed by atoms with Gasteiger partial charge in [0.05, 0.1) is 16.9 Å². The lowest BCUT2D eigenvalue weighted by atomic mass is 10.0. The Hall–Kier alpha value is -1.92. The maximum Gasteiger partial charge on any atom is 0.256 e. The van der Waals surface area contributed by atoms with Crippen molar-refractivity contribution in [3.8, 4) is 5.69 Å². The van der Waals surface area contributed by atoms with Crippen LogP contribution in [-0.4, -0.2) is 46.3 Å². The van der Waals surface area contributed by atoms with Crippen LogP contribution in [0.4, 0.5) is 4.39 Å². The summed E-state index contributed by atoms with van der Waals surface area (Å²) < 4.78 is 14.6.